The Morgan fingerprint density at radius 3 is 2.72 bits per heavy atom. The van der Waals surface area contributed by atoms with Gasteiger partial charge >= 0.3 is 0 Å². The molecule has 2 aromatic carbocycles. The van der Waals surface area contributed by atoms with E-state index in [1.165, 1.54) is 11.6 Å². The molecule has 1 unspecified atom stereocenters. The summed E-state index contributed by atoms with van der Waals surface area (Å²) in [4.78, 5) is 27.1. The summed E-state index contributed by atoms with van der Waals surface area (Å²) in [6, 6.07) is 12.6. The molecule has 1 heterocycles. The molecule has 152 valence electrons. The standard InChI is InChI=1S/C22H25N3O4/c1-3-15-7-6-9-17-19(14-24-22(15)17)18(13-21(26)23-11-12-29-2)16-8-4-5-10-20(16)25(27)28/h4-10,14,18,24H,3,11-13H2,1-2H3,(H,23,26). The summed E-state index contributed by atoms with van der Waals surface area (Å²) in [5, 5.41) is 15.4. The topological polar surface area (TPSA) is 97.3 Å². The number of carbonyl (C=O) groups is 1. The molecule has 0 aliphatic heterocycles. The molecule has 0 radical (unpaired) electrons. The van der Waals surface area contributed by atoms with Crippen LogP contribution in [0, 0.1) is 10.1 Å². The quantitative estimate of drug-likeness (QED) is 0.326. The number of methoxy groups -OCH3 is 1. The summed E-state index contributed by atoms with van der Waals surface area (Å²) in [6.45, 7) is 2.89. The Labute approximate surface area is 169 Å². The highest BCUT2D eigenvalue weighted by Crippen LogP contribution is 2.38. The van der Waals surface area contributed by atoms with Gasteiger partial charge in [0.15, 0.2) is 0 Å². The molecule has 0 aliphatic carbocycles. The van der Waals surface area contributed by atoms with Gasteiger partial charge in [0.05, 0.1) is 11.5 Å². The van der Waals surface area contributed by atoms with Crippen LogP contribution in [-0.4, -0.2) is 36.1 Å². The van der Waals surface area contributed by atoms with E-state index in [1.807, 2.05) is 18.3 Å². The first-order valence-electron chi connectivity index (χ1n) is 9.64. The number of amides is 1. The maximum atomic E-state index is 12.6. The van der Waals surface area contributed by atoms with E-state index >= 15 is 0 Å². The third kappa shape index (κ3) is 4.46. The number of fused-ring (bicyclic) bond motifs is 1. The number of hydrogen-bond donors (Lipinski definition) is 2. The lowest BCUT2D eigenvalue weighted by atomic mass is 9.86. The lowest BCUT2D eigenvalue weighted by molar-refractivity contribution is -0.385. The first kappa shape index (κ1) is 20.5. The van der Waals surface area contributed by atoms with E-state index in [4.69, 9.17) is 4.74 Å². The van der Waals surface area contributed by atoms with E-state index in [9.17, 15) is 14.9 Å². The molecule has 29 heavy (non-hydrogen) atoms. The average Bonchev–Trinajstić information content (AvgIpc) is 3.16. The van der Waals surface area contributed by atoms with Crippen molar-refractivity contribution in [1.29, 1.82) is 0 Å². The fourth-order valence-electron chi connectivity index (χ4n) is 3.71. The Hall–Kier alpha value is -3.19. The van der Waals surface area contributed by atoms with Gasteiger partial charge in [-0.3, -0.25) is 14.9 Å². The number of nitrogens with zero attached hydrogens (tertiary/aromatic N) is 1. The van der Waals surface area contributed by atoms with E-state index in [1.54, 1.807) is 25.3 Å². The Balaban J connectivity index is 2.07. The molecule has 1 amide bonds. The minimum absolute atomic E-state index is 0.0168. The van der Waals surface area contributed by atoms with Crippen molar-refractivity contribution in [3.05, 3.63) is 75.5 Å². The molecule has 0 saturated carbocycles. The number of carbonyl (C=O) groups excluding carboxylic acids is 1. The summed E-state index contributed by atoms with van der Waals surface area (Å²) in [5.41, 5.74) is 3.60. The van der Waals surface area contributed by atoms with Crippen LogP contribution >= 0.6 is 0 Å². The Morgan fingerprint density at radius 1 is 1.21 bits per heavy atom. The number of benzene rings is 2. The maximum Gasteiger partial charge on any atom is 0.273 e. The van der Waals surface area contributed by atoms with Crippen molar-refractivity contribution in [3.8, 4) is 0 Å². The molecule has 0 fully saturated rings. The monoisotopic (exact) mass is 395 g/mol. The number of ether oxygens (including phenoxy) is 1. The summed E-state index contributed by atoms with van der Waals surface area (Å²) >= 11 is 0. The van der Waals surface area contributed by atoms with Gasteiger partial charge in [0.2, 0.25) is 5.91 Å². The van der Waals surface area contributed by atoms with Crippen LogP contribution in [-0.2, 0) is 16.0 Å². The lowest BCUT2D eigenvalue weighted by Gasteiger charge is -2.17. The second kappa shape index (κ2) is 9.34. The van der Waals surface area contributed by atoms with Crippen molar-refractivity contribution in [2.45, 2.75) is 25.7 Å². The van der Waals surface area contributed by atoms with Crippen molar-refractivity contribution in [3.63, 3.8) is 0 Å². The third-order valence-electron chi connectivity index (χ3n) is 5.12. The van der Waals surface area contributed by atoms with Crippen molar-refractivity contribution in [2.75, 3.05) is 20.3 Å². The molecular formula is C22H25N3O4. The van der Waals surface area contributed by atoms with E-state index in [0.29, 0.717) is 18.7 Å². The smallest absolute Gasteiger partial charge is 0.273 e. The van der Waals surface area contributed by atoms with Crippen LogP contribution in [0.1, 0.15) is 36.0 Å². The molecule has 0 spiro atoms. The molecule has 3 aromatic rings. The van der Waals surface area contributed by atoms with Crippen molar-refractivity contribution in [2.24, 2.45) is 0 Å². The zero-order valence-corrected chi connectivity index (χ0v) is 16.6. The molecule has 1 atom stereocenters. The Bertz CT molecular complexity index is 1010. The van der Waals surface area contributed by atoms with E-state index in [0.717, 1.165) is 22.9 Å². The number of aromatic amines is 1. The van der Waals surface area contributed by atoms with Crippen LogP contribution in [0.4, 0.5) is 5.69 Å². The predicted octanol–water partition coefficient (Wildman–Crippen LogP) is 3.92. The van der Waals surface area contributed by atoms with Gasteiger partial charge < -0.3 is 15.0 Å². The molecule has 0 saturated heterocycles. The van der Waals surface area contributed by atoms with Crippen molar-refractivity contribution < 1.29 is 14.5 Å². The van der Waals surface area contributed by atoms with Gasteiger partial charge in [-0.2, -0.15) is 0 Å². The summed E-state index contributed by atoms with van der Waals surface area (Å²) in [7, 11) is 1.57. The molecular weight excluding hydrogens is 370 g/mol. The molecule has 7 nitrogen and oxygen atoms in total. The van der Waals surface area contributed by atoms with Gasteiger partial charge in [0, 0.05) is 54.7 Å². The van der Waals surface area contributed by atoms with E-state index < -0.39 is 10.8 Å². The first-order valence-corrected chi connectivity index (χ1v) is 9.64. The lowest BCUT2D eigenvalue weighted by Crippen LogP contribution is -2.28. The number of para-hydroxylation sites is 2. The Kier molecular flexibility index (Phi) is 6.61. The van der Waals surface area contributed by atoms with Crippen LogP contribution in [0.2, 0.25) is 0 Å². The van der Waals surface area contributed by atoms with Crippen LogP contribution in [0.5, 0.6) is 0 Å². The molecule has 7 heteroatoms. The SMILES string of the molecule is CCc1cccc2c(C(CC(=O)NCCOC)c3ccccc3[N+](=O)[O-])c[nH]c12. The summed E-state index contributed by atoms with van der Waals surface area (Å²) in [5.74, 6) is -0.619. The molecule has 2 N–H and O–H groups in total. The molecule has 3 rings (SSSR count). The summed E-state index contributed by atoms with van der Waals surface area (Å²) in [6.07, 6.45) is 2.84. The van der Waals surface area contributed by atoms with Gasteiger partial charge in [0.1, 0.15) is 0 Å². The highest BCUT2D eigenvalue weighted by molar-refractivity contribution is 5.88. The van der Waals surface area contributed by atoms with E-state index in [-0.39, 0.29) is 18.0 Å². The number of aryl methyl sites for hydroxylation is 1. The van der Waals surface area contributed by atoms with E-state index in [2.05, 4.69) is 23.3 Å². The van der Waals surface area contributed by atoms with Crippen LogP contribution in [0.25, 0.3) is 10.9 Å². The zero-order valence-electron chi connectivity index (χ0n) is 16.6. The number of nitro benzene ring substituents is 1. The van der Waals surface area contributed by atoms with Gasteiger partial charge in [-0.05, 0) is 17.5 Å². The minimum Gasteiger partial charge on any atom is -0.383 e. The molecule has 0 aliphatic rings. The van der Waals surface area contributed by atoms with Crippen LogP contribution < -0.4 is 5.32 Å². The highest BCUT2D eigenvalue weighted by Gasteiger charge is 2.27. The minimum atomic E-state index is -0.444. The Morgan fingerprint density at radius 2 is 2.00 bits per heavy atom. The summed E-state index contributed by atoms with van der Waals surface area (Å²) < 4.78 is 4.98. The third-order valence-corrected chi connectivity index (χ3v) is 5.12. The average molecular weight is 395 g/mol. The zero-order chi connectivity index (χ0) is 20.8. The number of nitro groups is 1. The fourth-order valence-corrected chi connectivity index (χ4v) is 3.71. The first-order chi connectivity index (χ1) is 14.1. The number of nitrogens with one attached hydrogen (secondary N) is 2. The van der Waals surface area contributed by atoms with Gasteiger partial charge in [-0.1, -0.05) is 43.3 Å². The number of aromatic nitrogens is 1. The number of H-pyrrole nitrogens is 1. The normalized spacial score (nSPS) is 12.1. The van der Waals surface area contributed by atoms with Crippen molar-refractivity contribution >= 4 is 22.5 Å². The predicted molar refractivity (Wildman–Crippen MR) is 112 cm³/mol. The molecule has 0 bridgehead atoms. The molecule has 1 aromatic heterocycles. The second-order valence-corrected chi connectivity index (χ2v) is 6.85. The van der Waals surface area contributed by atoms with Gasteiger partial charge in [-0.15, -0.1) is 0 Å². The largest absolute Gasteiger partial charge is 0.383 e. The van der Waals surface area contributed by atoms with Gasteiger partial charge in [0.25, 0.3) is 5.69 Å². The van der Waals surface area contributed by atoms with Crippen molar-refractivity contribution in [1.82, 2.24) is 10.3 Å². The second-order valence-electron chi connectivity index (χ2n) is 6.85. The van der Waals surface area contributed by atoms with Gasteiger partial charge in [-0.25, -0.2) is 0 Å². The van der Waals surface area contributed by atoms with Crippen LogP contribution in [0.3, 0.4) is 0 Å². The maximum absolute atomic E-state index is 12.6. The highest BCUT2D eigenvalue weighted by atomic mass is 16.6. The fraction of sp³-hybridized carbons (Fsp3) is 0.318. The van der Waals surface area contributed by atoms with Crippen LogP contribution in [0.15, 0.2) is 48.7 Å². The number of hydrogen-bond acceptors (Lipinski definition) is 4. The number of rotatable bonds is 9.